The van der Waals surface area contributed by atoms with E-state index < -0.39 is 0 Å². The number of nitrogens with zero attached hydrogens (tertiary/aromatic N) is 3. The molecule has 2 heterocycles. The largest absolute Gasteiger partial charge is 0.374 e. The van der Waals surface area contributed by atoms with Gasteiger partial charge in [-0.1, -0.05) is 12.5 Å². The van der Waals surface area contributed by atoms with E-state index in [1.807, 2.05) is 7.05 Å². The predicted octanol–water partition coefficient (Wildman–Crippen LogP) is 2.13. The number of rotatable bonds is 3. The average Bonchev–Trinajstić information content (AvgIpc) is 2.88. The molecule has 1 aromatic rings. The van der Waals surface area contributed by atoms with Gasteiger partial charge in [0.25, 0.3) is 0 Å². The molecule has 1 fully saturated rings. The quantitative estimate of drug-likeness (QED) is 0.852. The Bertz CT molecular complexity index is 523. The van der Waals surface area contributed by atoms with Crippen molar-refractivity contribution in [3.05, 3.63) is 23.8 Å². The highest BCUT2D eigenvalue weighted by Gasteiger charge is 2.20. The topological polar surface area (TPSA) is 26.8 Å². The molecule has 0 atom stereocenters. The van der Waals surface area contributed by atoms with Crippen LogP contribution in [0.15, 0.2) is 18.2 Å². The molecule has 0 radical (unpaired) electrons. The molecular weight excluding hydrogens is 262 g/mol. The highest BCUT2D eigenvalue weighted by molar-refractivity contribution is 5.95. The fourth-order valence-electron chi connectivity index (χ4n) is 3.30. The van der Waals surface area contributed by atoms with E-state index in [-0.39, 0.29) is 5.91 Å². The fourth-order valence-corrected chi connectivity index (χ4v) is 3.30. The van der Waals surface area contributed by atoms with Gasteiger partial charge in [0, 0.05) is 32.0 Å². The second kappa shape index (κ2) is 6.06. The molecule has 1 aromatic carbocycles. The third-order valence-electron chi connectivity index (χ3n) is 4.77. The van der Waals surface area contributed by atoms with E-state index in [1.165, 1.54) is 30.5 Å². The summed E-state index contributed by atoms with van der Waals surface area (Å²) in [6.45, 7) is 3.74. The van der Waals surface area contributed by atoms with Crippen molar-refractivity contribution < 1.29 is 4.79 Å². The summed E-state index contributed by atoms with van der Waals surface area (Å²) >= 11 is 0. The molecule has 21 heavy (non-hydrogen) atoms. The number of amides is 1. The van der Waals surface area contributed by atoms with Crippen molar-refractivity contribution in [1.29, 1.82) is 0 Å². The highest BCUT2D eigenvalue weighted by atomic mass is 16.2. The Morgan fingerprint density at radius 2 is 1.95 bits per heavy atom. The van der Waals surface area contributed by atoms with Gasteiger partial charge in [-0.05, 0) is 50.0 Å². The van der Waals surface area contributed by atoms with E-state index in [0.29, 0.717) is 6.54 Å². The molecule has 4 heteroatoms. The summed E-state index contributed by atoms with van der Waals surface area (Å²) < 4.78 is 0. The lowest BCUT2D eigenvalue weighted by atomic mass is 10.1. The summed E-state index contributed by atoms with van der Waals surface area (Å²) in [6.07, 6.45) is 4.86. The number of carbonyl (C=O) groups excluding carboxylic acids is 1. The van der Waals surface area contributed by atoms with Gasteiger partial charge in [0.2, 0.25) is 5.91 Å². The van der Waals surface area contributed by atoms with Crippen molar-refractivity contribution in [2.24, 2.45) is 0 Å². The number of fused-ring (bicyclic) bond motifs is 1. The molecule has 0 spiro atoms. The van der Waals surface area contributed by atoms with Crippen LogP contribution in [0.25, 0.3) is 0 Å². The minimum Gasteiger partial charge on any atom is -0.374 e. The number of likely N-dealkylation sites (N-methyl/N-ethyl adjacent to an activating group) is 2. The zero-order valence-electron chi connectivity index (χ0n) is 13.1. The molecule has 114 valence electrons. The molecule has 0 bridgehead atoms. The molecule has 0 saturated carbocycles. The van der Waals surface area contributed by atoms with Gasteiger partial charge in [-0.2, -0.15) is 0 Å². The Kier molecular flexibility index (Phi) is 4.15. The van der Waals surface area contributed by atoms with E-state index in [0.717, 1.165) is 31.7 Å². The van der Waals surface area contributed by atoms with Crippen molar-refractivity contribution in [2.45, 2.75) is 25.7 Å². The van der Waals surface area contributed by atoms with Crippen LogP contribution in [0, 0.1) is 0 Å². The number of piperidine rings is 1. The second-order valence-corrected chi connectivity index (χ2v) is 6.27. The molecule has 0 unspecified atom stereocenters. The SMILES string of the molecule is CN1CCc2ccc(N(C)C(=O)CN3CCCCC3)cc21. The maximum atomic E-state index is 12.5. The number of hydrogen-bond donors (Lipinski definition) is 0. The first-order valence-corrected chi connectivity index (χ1v) is 7.98. The lowest BCUT2D eigenvalue weighted by Crippen LogP contribution is -2.40. The van der Waals surface area contributed by atoms with Gasteiger partial charge >= 0.3 is 0 Å². The first-order valence-electron chi connectivity index (χ1n) is 7.98. The molecule has 2 aliphatic heterocycles. The second-order valence-electron chi connectivity index (χ2n) is 6.27. The molecule has 2 aliphatic rings. The number of carbonyl (C=O) groups is 1. The predicted molar refractivity (Wildman–Crippen MR) is 87.1 cm³/mol. The summed E-state index contributed by atoms with van der Waals surface area (Å²) in [5.74, 6) is 0.192. The van der Waals surface area contributed by atoms with Crippen molar-refractivity contribution in [3.63, 3.8) is 0 Å². The van der Waals surface area contributed by atoms with Crippen LogP contribution in [0.1, 0.15) is 24.8 Å². The molecule has 1 saturated heterocycles. The monoisotopic (exact) mass is 287 g/mol. The van der Waals surface area contributed by atoms with Crippen LogP contribution in [-0.2, 0) is 11.2 Å². The summed E-state index contributed by atoms with van der Waals surface area (Å²) in [5.41, 5.74) is 3.66. The van der Waals surface area contributed by atoms with E-state index in [9.17, 15) is 4.79 Å². The first kappa shape index (κ1) is 14.4. The van der Waals surface area contributed by atoms with Gasteiger partial charge in [0.05, 0.1) is 6.54 Å². The van der Waals surface area contributed by atoms with Crippen LogP contribution in [-0.4, -0.2) is 51.1 Å². The first-order chi connectivity index (χ1) is 10.1. The Labute approximate surface area is 127 Å². The van der Waals surface area contributed by atoms with Crippen LogP contribution in [0.3, 0.4) is 0 Å². The van der Waals surface area contributed by atoms with Crippen LogP contribution in [0.5, 0.6) is 0 Å². The Morgan fingerprint density at radius 1 is 1.19 bits per heavy atom. The maximum absolute atomic E-state index is 12.5. The summed E-state index contributed by atoms with van der Waals surface area (Å²) in [7, 11) is 4.01. The lowest BCUT2D eigenvalue weighted by molar-refractivity contribution is -0.119. The number of likely N-dealkylation sites (tertiary alicyclic amines) is 1. The van der Waals surface area contributed by atoms with Crippen molar-refractivity contribution in [3.8, 4) is 0 Å². The van der Waals surface area contributed by atoms with Crippen LogP contribution < -0.4 is 9.80 Å². The number of anilines is 2. The molecule has 0 N–H and O–H groups in total. The molecule has 0 aliphatic carbocycles. The van der Waals surface area contributed by atoms with Gasteiger partial charge in [0.15, 0.2) is 0 Å². The van der Waals surface area contributed by atoms with E-state index in [2.05, 4.69) is 35.0 Å². The Morgan fingerprint density at radius 3 is 2.71 bits per heavy atom. The molecule has 1 amide bonds. The smallest absolute Gasteiger partial charge is 0.240 e. The number of hydrogen-bond acceptors (Lipinski definition) is 3. The minimum absolute atomic E-state index is 0.192. The molecule has 3 rings (SSSR count). The van der Waals surface area contributed by atoms with Gasteiger partial charge in [-0.25, -0.2) is 0 Å². The van der Waals surface area contributed by atoms with E-state index in [1.54, 1.807) is 4.90 Å². The third-order valence-corrected chi connectivity index (χ3v) is 4.77. The molecule has 0 aromatic heterocycles. The van der Waals surface area contributed by atoms with Crippen molar-refractivity contribution in [1.82, 2.24) is 4.90 Å². The zero-order chi connectivity index (χ0) is 14.8. The fraction of sp³-hybridized carbons (Fsp3) is 0.588. The average molecular weight is 287 g/mol. The van der Waals surface area contributed by atoms with Crippen LogP contribution in [0.4, 0.5) is 11.4 Å². The summed E-state index contributed by atoms with van der Waals surface area (Å²) in [6, 6.07) is 6.39. The normalized spacial score (nSPS) is 18.7. The van der Waals surface area contributed by atoms with Gasteiger partial charge in [0.1, 0.15) is 0 Å². The maximum Gasteiger partial charge on any atom is 0.240 e. The van der Waals surface area contributed by atoms with E-state index in [4.69, 9.17) is 0 Å². The standard InChI is InChI=1S/C17H25N3O/c1-18-11-8-14-6-7-15(12-16(14)18)19(2)17(21)13-20-9-4-3-5-10-20/h6-7,12H,3-5,8-11,13H2,1-2H3. The van der Waals surface area contributed by atoms with Crippen molar-refractivity contribution in [2.75, 3.05) is 50.1 Å². The lowest BCUT2D eigenvalue weighted by Gasteiger charge is -2.28. The summed E-state index contributed by atoms with van der Waals surface area (Å²) in [5, 5.41) is 0. The van der Waals surface area contributed by atoms with Crippen LogP contribution in [0.2, 0.25) is 0 Å². The third kappa shape index (κ3) is 3.05. The zero-order valence-corrected chi connectivity index (χ0v) is 13.1. The molecule has 4 nitrogen and oxygen atoms in total. The van der Waals surface area contributed by atoms with Gasteiger partial charge in [-0.15, -0.1) is 0 Å². The molecular formula is C17H25N3O. The minimum atomic E-state index is 0.192. The summed E-state index contributed by atoms with van der Waals surface area (Å²) in [4.78, 5) is 18.8. The van der Waals surface area contributed by atoms with Crippen LogP contribution >= 0.6 is 0 Å². The van der Waals surface area contributed by atoms with Gasteiger partial charge in [-0.3, -0.25) is 9.69 Å². The highest BCUT2D eigenvalue weighted by Crippen LogP contribution is 2.30. The number of benzene rings is 1. The van der Waals surface area contributed by atoms with Crippen molar-refractivity contribution >= 4 is 17.3 Å². The Hall–Kier alpha value is -1.55. The Balaban J connectivity index is 1.68. The van der Waals surface area contributed by atoms with Gasteiger partial charge < -0.3 is 9.80 Å². The van der Waals surface area contributed by atoms with E-state index >= 15 is 0 Å².